The summed E-state index contributed by atoms with van der Waals surface area (Å²) in [4.78, 5) is 13.9. The summed E-state index contributed by atoms with van der Waals surface area (Å²) in [5, 5.41) is 0. The molecule has 0 bridgehead atoms. The largest absolute Gasteiger partial charge is 0.329 e. The quantitative estimate of drug-likeness (QED) is 0.924. The molecule has 0 unspecified atom stereocenters. The van der Waals surface area contributed by atoms with E-state index in [0.717, 1.165) is 23.0 Å². The van der Waals surface area contributed by atoms with E-state index in [-0.39, 0.29) is 11.3 Å². The molecule has 1 aromatic carbocycles. The molecule has 0 radical (unpaired) electrons. The predicted molar refractivity (Wildman–Crippen MR) is 68.3 cm³/mol. The smallest absolute Gasteiger partial charge is 0.234 e. The van der Waals surface area contributed by atoms with Crippen LogP contribution in [0.1, 0.15) is 12.8 Å². The van der Waals surface area contributed by atoms with Crippen LogP contribution in [0.4, 0.5) is 5.69 Å². The first kappa shape index (κ1) is 11.6. The van der Waals surface area contributed by atoms with Crippen molar-refractivity contribution < 1.29 is 4.79 Å². The molecule has 2 N–H and O–H groups in total. The van der Waals surface area contributed by atoms with Crippen LogP contribution in [0.25, 0.3) is 0 Å². The summed E-state index contributed by atoms with van der Waals surface area (Å²) in [6.07, 6.45) is 1.83. The van der Waals surface area contributed by atoms with Crippen molar-refractivity contribution in [2.24, 2.45) is 11.1 Å². The molecule has 1 amide bonds. The summed E-state index contributed by atoms with van der Waals surface area (Å²) in [6, 6.07) is 7.71. The maximum atomic E-state index is 12.2. The van der Waals surface area contributed by atoms with E-state index in [1.54, 1.807) is 11.9 Å². The maximum absolute atomic E-state index is 12.2. The number of hydrogen-bond acceptors (Lipinski definition) is 2. The molecule has 86 valence electrons. The fourth-order valence-electron chi connectivity index (χ4n) is 1.85. The van der Waals surface area contributed by atoms with Gasteiger partial charge in [0.15, 0.2) is 0 Å². The van der Waals surface area contributed by atoms with Crippen molar-refractivity contribution in [2.45, 2.75) is 12.8 Å². The van der Waals surface area contributed by atoms with Gasteiger partial charge in [-0.3, -0.25) is 4.79 Å². The molecule has 16 heavy (non-hydrogen) atoms. The molecule has 1 saturated carbocycles. The number of halogens is 1. The molecular weight excluding hydrogens is 268 g/mol. The average Bonchev–Trinajstić information content (AvgIpc) is 3.09. The highest BCUT2D eigenvalue weighted by Gasteiger charge is 2.50. The zero-order valence-corrected chi connectivity index (χ0v) is 10.8. The molecule has 1 aromatic rings. The number of rotatable bonds is 3. The number of carbonyl (C=O) groups is 1. The van der Waals surface area contributed by atoms with Crippen LogP contribution >= 0.6 is 15.9 Å². The van der Waals surface area contributed by atoms with Gasteiger partial charge in [0.2, 0.25) is 5.91 Å². The van der Waals surface area contributed by atoms with E-state index in [9.17, 15) is 4.79 Å². The van der Waals surface area contributed by atoms with Crippen LogP contribution in [-0.2, 0) is 4.79 Å². The van der Waals surface area contributed by atoms with Gasteiger partial charge in [-0.15, -0.1) is 0 Å². The Bertz CT molecular complexity index is 415. The van der Waals surface area contributed by atoms with Crippen LogP contribution in [0.2, 0.25) is 0 Å². The van der Waals surface area contributed by atoms with Crippen molar-refractivity contribution in [1.82, 2.24) is 0 Å². The van der Waals surface area contributed by atoms with Gasteiger partial charge in [-0.2, -0.15) is 0 Å². The van der Waals surface area contributed by atoms with Gasteiger partial charge in [-0.1, -0.05) is 12.1 Å². The maximum Gasteiger partial charge on any atom is 0.234 e. The number of amides is 1. The molecule has 1 aliphatic carbocycles. The van der Waals surface area contributed by atoms with Crippen molar-refractivity contribution in [1.29, 1.82) is 0 Å². The first-order chi connectivity index (χ1) is 7.60. The molecule has 0 heterocycles. The normalized spacial score (nSPS) is 16.9. The van der Waals surface area contributed by atoms with E-state index in [4.69, 9.17) is 5.73 Å². The summed E-state index contributed by atoms with van der Waals surface area (Å²) >= 11 is 3.45. The fourth-order valence-corrected chi connectivity index (χ4v) is 2.40. The van der Waals surface area contributed by atoms with Gasteiger partial charge in [0.05, 0.1) is 11.1 Å². The number of nitrogens with two attached hydrogens (primary N) is 1. The molecule has 3 nitrogen and oxygen atoms in total. The van der Waals surface area contributed by atoms with Crippen LogP contribution < -0.4 is 10.6 Å². The summed E-state index contributed by atoms with van der Waals surface area (Å²) < 4.78 is 0.929. The Balaban J connectivity index is 2.23. The van der Waals surface area contributed by atoms with Gasteiger partial charge in [-0.25, -0.2) is 0 Å². The SMILES string of the molecule is CN(C(=O)C1(CN)CC1)c1ccccc1Br. The lowest BCUT2D eigenvalue weighted by molar-refractivity contribution is -0.123. The number of nitrogens with zero attached hydrogens (tertiary/aromatic N) is 1. The molecule has 0 atom stereocenters. The molecular formula is C12H15BrN2O. The Labute approximate surface area is 104 Å². The average molecular weight is 283 g/mol. The van der Waals surface area contributed by atoms with E-state index in [1.165, 1.54) is 0 Å². The third kappa shape index (κ3) is 1.87. The summed E-state index contributed by atoms with van der Waals surface area (Å²) in [5.74, 6) is 0.127. The highest BCUT2D eigenvalue weighted by Crippen LogP contribution is 2.46. The predicted octanol–water partition coefficient (Wildman–Crippen LogP) is 2.15. The Kier molecular flexibility index (Phi) is 3.04. The topological polar surface area (TPSA) is 46.3 Å². The number of anilines is 1. The summed E-state index contributed by atoms with van der Waals surface area (Å²) in [6.45, 7) is 0.445. The van der Waals surface area contributed by atoms with Crippen LogP contribution in [0.5, 0.6) is 0 Å². The van der Waals surface area contributed by atoms with E-state index < -0.39 is 0 Å². The van der Waals surface area contributed by atoms with Crippen molar-refractivity contribution in [3.63, 3.8) is 0 Å². The number of hydrogen-bond donors (Lipinski definition) is 1. The lowest BCUT2D eigenvalue weighted by Crippen LogP contribution is -2.38. The molecule has 1 fully saturated rings. The summed E-state index contributed by atoms with van der Waals surface area (Å²) in [7, 11) is 1.80. The van der Waals surface area contributed by atoms with Gasteiger partial charge >= 0.3 is 0 Å². The molecule has 0 saturated heterocycles. The van der Waals surface area contributed by atoms with Crippen molar-refractivity contribution in [3.8, 4) is 0 Å². The Morgan fingerprint density at radius 3 is 2.62 bits per heavy atom. The summed E-state index contributed by atoms with van der Waals surface area (Å²) in [5.41, 5.74) is 6.27. The second kappa shape index (κ2) is 4.18. The van der Waals surface area contributed by atoms with Crippen molar-refractivity contribution in [3.05, 3.63) is 28.7 Å². The molecule has 0 aliphatic heterocycles. The Morgan fingerprint density at radius 2 is 2.12 bits per heavy atom. The van der Waals surface area contributed by atoms with E-state index >= 15 is 0 Å². The highest BCUT2D eigenvalue weighted by atomic mass is 79.9. The van der Waals surface area contributed by atoms with Gasteiger partial charge < -0.3 is 10.6 Å². The van der Waals surface area contributed by atoms with Crippen LogP contribution in [-0.4, -0.2) is 19.5 Å². The third-order valence-electron chi connectivity index (χ3n) is 3.22. The van der Waals surface area contributed by atoms with Crippen LogP contribution in [0.3, 0.4) is 0 Å². The van der Waals surface area contributed by atoms with Gasteiger partial charge in [-0.05, 0) is 40.9 Å². The zero-order valence-electron chi connectivity index (χ0n) is 9.24. The molecule has 2 rings (SSSR count). The minimum atomic E-state index is -0.288. The van der Waals surface area contributed by atoms with Gasteiger partial charge in [0.25, 0.3) is 0 Å². The highest BCUT2D eigenvalue weighted by molar-refractivity contribution is 9.10. The van der Waals surface area contributed by atoms with Crippen LogP contribution in [0, 0.1) is 5.41 Å². The van der Waals surface area contributed by atoms with Gasteiger partial charge in [0, 0.05) is 18.1 Å². The van der Waals surface area contributed by atoms with E-state index in [0.29, 0.717) is 6.54 Å². The molecule has 0 spiro atoms. The van der Waals surface area contributed by atoms with Crippen molar-refractivity contribution in [2.75, 3.05) is 18.5 Å². The lowest BCUT2D eigenvalue weighted by Gasteiger charge is -2.23. The Morgan fingerprint density at radius 1 is 1.50 bits per heavy atom. The number of para-hydroxylation sites is 1. The molecule has 0 aromatic heterocycles. The number of benzene rings is 1. The van der Waals surface area contributed by atoms with E-state index in [1.807, 2.05) is 24.3 Å². The van der Waals surface area contributed by atoms with E-state index in [2.05, 4.69) is 15.9 Å². The van der Waals surface area contributed by atoms with Gasteiger partial charge in [0.1, 0.15) is 0 Å². The zero-order chi connectivity index (χ0) is 11.8. The van der Waals surface area contributed by atoms with Crippen molar-refractivity contribution >= 4 is 27.5 Å². The fraction of sp³-hybridized carbons (Fsp3) is 0.417. The molecule has 1 aliphatic rings. The first-order valence-electron chi connectivity index (χ1n) is 5.33. The minimum absolute atomic E-state index is 0.127. The lowest BCUT2D eigenvalue weighted by atomic mass is 10.1. The number of carbonyl (C=O) groups excluding carboxylic acids is 1. The molecule has 4 heteroatoms. The monoisotopic (exact) mass is 282 g/mol. The minimum Gasteiger partial charge on any atom is -0.329 e. The standard InChI is InChI=1S/C12H15BrN2O/c1-15(10-5-3-2-4-9(10)13)11(16)12(8-14)6-7-12/h2-5H,6-8,14H2,1H3. The second-order valence-corrected chi connectivity index (χ2v) is 5.15. The Hall–Kier alpha value is -0.870. The first-order valence-corrected chi connectivity index (χ1v) is 6.13. The second-order valence-electron chi connectivity index (χ2n) is 4.30. The third-order valence-corrected chi connectivity index (χ3v) is 3.89. The van der Waals surface area contributed by atoms with Crippen LogP contribution in [0.15, 0.2) is 28.7 Å².